The van der Waals surface area contributed by atoms with Gasteiger partial charge < -0.3 is 19.3 Å². The van der Waals surface area contributed by atoms with Crippen molar-refractivity contribution >= 4 is 27.7 Å². The molecular formula is C21H32BrN3O3. The maximum atomic E-state index is 12.4. The number of hydrogen-bond acceptors (Lipinski definition) is 5. The molecule has 2 aliphatic heterocycles. The van der Waals surface area contributed by atoms with Crippen LogP contribution in [0.2, 0.25) is 0 Å². The van der Waals surface area contributed by atoms with Gasteiger partial charge in [-0.1, -0.05) is 22.0 Å². The van der Waals surface area contributed by atoms with Crippen molar-refractivity contribution in [1.82, 2.24) is 9.80 Å². The summed E-state index contributed by atoms with van der Waals surface area (Å²) in [6.45, 7) is 14.4. The number of benzene rings is 1. The molecule has 0 bridgehead atoms. The molecule has 6 nitrogen and oxygen atoms in total. The third-order valence-electron chi connectivity index (χ3n) is 5.19. The van der Waals surface area contributed by atoms with Crippen LogP contribution in [0.3, 0.4) is 0 Å². The van der Waals surface area contributed by atoms with Crippen LogP contribution in [0.4, 0.5) is 10.5 Å². The third-order valence-corrected chi connectivity index (χ3v) is 5.68. The molecule has 0 aromatic heterocycles. The van der Waals surface area contributed by atoms with Gasteiger partial charge in [-0.25, -0.2) is 4.79 Å². The highest BCUT2D eigenvalue weighted by molar-refractivity contribution is 9.10. The monoisotopic (exact) mass is 453 g/mol. The highest BCUT2D eigenvalue weighted by Gasteiger charge is 2.30. The first-order valence-electron chi connectivity index (χ1n) is 10.1. The maximum Gasteiger partial charge on any atom is 0.410 e. The molecule has 0 aliphatic carbocycles. The number of nitrogens with zero attached hydrogens (tertiary/aromatic N) is 3. The van der Waals surface area contributed by atoms with Crippen LogP contribution >= 0.6 is 15.9 Å². The van der Waals surface area contributed by atoms with E-state index in [9.17, 15) is 4.79 Å². The molecule has 7 heteroatoms. The van der Waals surface area contributed by atoms with Gasteiger partial charge in [0, 0.05) is 55.5 Å². The average Bonchev–Trinajstić information content (AvgIpc) is 2.64. The predicted molar refractivity (Wildman–Crippen MR) is 115 cm³/mol. The van der Waals surface area contributed by atoms with Crippen LogP contribution in [0.25, 0.3) is 0 Å². The van der Waals surface area contributed by atoms with Crippen LogP contribution in [-0.2, 0) is 16.0 Å². The smallest absolute Gasteiger partial charge is 0.410 e. The summed E-state index contributed by atoms with van der Waals surface area (Å²) in [5.41, 5.74) is 2.14. The number of morpholine rings is 1. The minimum absolute atomic E-state index is 0.211. The summed E-state index contributed by atoms with van der Waals surface area (Å²) in [5, 5.41) is 0. The molecule has 1 aromatic carbocycles. The Morgan fingerprint density at radius 3 is 2.57 bits per heavy atom. The second kappa shape index (κ2) is 9.01. The largest absolute Gasteiger partial charge is 0.444 e. The topological polar surface area (TPSA) is 45.2 Å². The second-order valence-electron chi connectivity index (χ2n) is 8.62. The van der Waals surface area contributed by atoms with E-state index in [1.165, 1.54) is 11.3 Å². The maximum absolute atomic E-state index is 12.4. The molecule has 2 heterocycles. The number of rotatable bonds is 3. The molecule has 3 rings (SSSR count). The molecule has 2 aliphatic rings. The lowest BCUT2D eigenvalue weighted by molar-refractivity contribution is 0.00462. The zero-order valence-electron chi connectivity index (χ0n) is 17.4. The normalized spacial score (nSPS) is 21.7. The number of carbonyl (C=O) groups is 1. The van der Waals surface area contributed by atoms with Crippen LogP contribution in [0, 0.1) is 0 Å². The van der Waals surface area contributed by atoms with Crippen molar-refractivity contribution in [3.63, 3.8) is 0 Å². The first-order chi connectivity index (χ1) is 13.2. The van der Waals surface area contributed by atoms with E-state index in [0.717, 1.165) is 43.9 Å². The number of carbonyl (C=O) groups excluding carboxylic acids is 1. The second-order valence-corrected chi connectivity index (χ2v) is 9.53. The van der Waals surface area contributed by atoms with Crippen molar-refractivity contribution < 1.29 is 14.3 Å². The van der Waals surface area contributed by atoms with Gasteiger partial charge in [-0.15, -0.1) is 0 Å². The highest BCUT2D eigenvalue weighted by atomic mass is 79.9. The van der Waals surface area contributed by atoms with E-state index in [-0.39, 0.29) is 12.1 Å². The minimum Gasteiger partial charge on any atom is -0.444 e. The van der Waals surface area contributed by atoms with Gasteiger partial charge >= 0.3 is 6.09 Å². The van der Waals surface area contributed by atoms with Crippen molar-refractivity contribution in [2.24, 2.45) is 0 Å². The van der Waals surface area contributed by atoms with Crippen molar-refractivity contribution in [2.75, 3.05) is 50.8 Å². The van der Waals surface area contributed by atoms with E-state index in [1.54, 1.807) is 0 Å². The molecule has 0 radical (unpaired) electrons. The highest BCUT2D eigenvalue weighted by Crippen LogP contribution is 2.28. The Hall–Kier alpha value is -1.31. The first-order valence-corrected chi connectivity index (χ1v) is 10.9. The molecule has 156 valence electrons. The number of amides is 1. The molecule has 0 unspecified atom stereocenters. The Morgan fingerprint density at radius 1 is 1.21 bits per heavy atom. The summed E-state index contributed by atoms with van der Waals surface area (Å²) < 4.78 is 12.1. The van der Waals surface area contributed by atoms with Gasteiger partial charge in [0.25, 0.3) is 0 Å². The van der Waals surface area contributed by atoms with Crippen molar-refractivity contribution in [3.05, 3.63) is 28.2 Å². The summed E-state index contributed by atoms with van der Waals surface area (Å²) >= 11 is 3.62. The van der Waals surface area contributed by atoms with E-state index in [1.807, 2.05) is 25.7 Å². The Bertz CT molecular complexity index is 686. The van der Waals surface area contributed by atoms with Crippen molar-refractivity contribution in [1.29, 1.82) is 0 Å². The van der Waals surface area contributed by atoms with Crippen LogP contribution in [0.5, 0.6) is 0 Å². The molecule has 1 atom stereocenters. The zero-order chi connectivity index (χ0) is 20.3. The zero-order valence-corrected chi connectivity index (χ0v) is 19.0. The SMILES string of the molecule is C[C@@H]1CN(C(=O)OC(C)(C)C)CCN1Cc1ccc(Br)cc1N1CCOCC1. The van der Waals surface area contributed by atoms with E-state index in [0.29, 0.717) is 13.1 Å². The first kappa shape index (κ1) is 21.4. The number of anilines is 1. The number of ether oxygens (including phenoxy) is 2. The van der Waals surface area contributed by atoms with Crippen molar-refractivity contribution in [2.45, 2.75) is 45.9 Å². The van der Waals surface area contributed by atoms with E-state index < -0.39 is 5.60 Å². The minimum atomic E-state index is -0.456. The number of piperazine rings is 1. The standard InChI is InChI=1S/C21H32BrN3O3/c1-16-14-25(20(26)28-21(2,3)4)8-7-24(16)15-17-5-6-18(22)13-19(17)23-9-11-27-12-10-23/h5-6,13,16H,7-12,14-15H2,1-4H3/t16-/m1/s1. The lowest BCUT2D eigenvalue weighted by Gasteiger charge is -2.41. The lowest BCUT2D eigenvalue weighted by Crippen LogP contribution is -2.54. The van der Waals surface area contributed by atoms with Crippen LogP contribution in [0.15, 0.2) is 22.7 Å². The number of hydrogen-bond donors (Lipinski definition) is 0. The van der Waals surface area contributed by atoms with E-state index >= 15 is 0 Å². The average molecular weight is 454 g/mol. The molecule has 0 spiro atoms. The lowest BCUT2D eigenvalue weighted by atomic mass is 10.1. The van der Waals surface area contributed by atoms with Gasteiger partial charge in [-0.2, -0.15) is 0 Å². The Labute approximate surface area is 176 Å². The Kier molecular flexibility index (Phi) is 6.89. The summed E-state index contributed by atoms with van der Waals surface area (Å²) in [6.07, 6.45) is -0.211. The molecule has 28 heavy (non-hydrogen) atoms. The fraction of sp³-hybridized carbons (Fsp3) is 0.667. The third kappa shape index (κ3) is 5.61. The molecule has 1 amide bonds. The van der Waals surface area contributed by atoms with Crippen LogP contribution < -0.4 is 4.90 Å². The van der Waals surface area contributed by atoms with Gasteiger partial charge in [0.2, 0.25) is 0 Å². The molecular weight excluding hydrogens is 422 g/mol. The molecule has 0 saturated carbocycles. The molecule has 2 saturated heterocycles. The molecule has 0 N–H and O–H groups in total. The van der Waals surface area contributed by atoms with Gasteiger partial charge in [0.1, 0.15) is 5.60 Å². The fourth-order valence-corrected chi connectivity index (χ4v) is 4.06. The summed E-state index contributed by atoms with van der Waals surface area (Å²) in [5.74, 6) is 0. The molecule has 2 fully saturated rings. The summed E-state index contributed by atoms with van der Waals surface area (Å²) in [4.78, 5) is 19.1. The van der Waals surface area contributed by atoms with Gasteiger partial charge in [-0.3, -0.25) is 4.90 Å². The Morgan fingerprint density at radius 2 is 1.93 bits per heavy atom. The van der Waals surface area contributed by atoms with Gasteiger partial charge in [0.05, 0.1) is 13.2 Å². The molecule has 1 aromatic rings. The van der Waals surface area contributed by atoms with Gasteiger partial charge in [-0.05, 0) is 45.4 Å². The predicted octanol–water partition coefficient (Wildman–Crippen LogP) is 3.73. The van der Waals surface area contributed by atoms with Gasteiger partial charge in [0.15, 0.2) is 0 Å². The van der Waals surface area contributed by atoms with Crippen molar-refractivity contribution in [3.8, 4) is 0 Å². The van der Waals surface area contributed by atoms with E-state index in [4.69, 9.17) is 9.47 Å². The number of halogens is 1. The van der Waals surface area contributed by atoms with Crippen LogP contribution in [-0.4, -0.2) is 73.5 Å². The fourth-order valence-electron chi connectivity index (χ4n) is 3.71. The van der Waals surface area contributed by atoms with Crippen LogP contribution in [0.1, 0.15) is 33.3 Å². The quantitative estimate of drug-likeness (QED) is 0.697. The Balaban J connectivity index is 1.66. The summed E-state index contributed by atoms with van der Waals surface area (Å²) in [6, 6.07) is 6.81. The summed E-state index contributed by atoms with van der Waals surface area (Å²) in [7, 11) is 0. The van der Waals surface area contributed by atoms with E-state index in [2.05, 4.69) is 50.9 Å².